The number of rotatable bonds is 9. The maximum absolute atomic E-state index is 6.17. The van der Waals surface area contributed by atoms with E-state index in [1.807, 2.05) is 47.0 Å². The molecule has 0 unspecified atom stereocenters. The summed E-state index contributed by atoms with van der Waals surface area (Å²) in [5, 5.41) is 13.1. The van der Waals surface area contributed by atoms with E-state index in [9.17, 15) is 0 Å². The number of halogens is 1. The molecule has 0 radical (unpaired) electrons. The number of benzene rings is 2. The first kappa shape index (κ1) is 20.7. The van der Waals surface area contributed by atoms with Gasteiger partial charge in [0.05, 0.1) is 10.7 Å². The van der Waals surface area contributed by atoms with Gasteiger partial charge >= 0.3 is 0 Å². The molecule has 8 heteroatoms. The lowest BCUT2D eigenvalue weighted by atomic mass is 10.2. The number of ether oxygens (including phenoxy) is 1. The Hall–Kier alpha value is -2.61. The fourth-order valence-electron chi connectivity index (χ4n) is 2.77. The van der Waals surface area contributed by atoms with Gasteiger partial charge in [-0.15, -0.1) is 28.1 Å². The summed E-state index contributed by atoms with van der Waals surface area (Å²) in [5.41, 5.74) is 2.15. The summed E-state index contributed by atoms with van der Waals surface area (Å²) in [5.74, 6) is 2.06. The van der Waals surface area contributed by atoms with Gasteiger partial charge in [-0.1, -0.05) is 71.9 Å². The van der Waals surface area contributed by atoms with Crippen molar-refractivity contribution in [1.82, 2.24) is 19.7 Å². The van der Waals surface area contributed by atoms with Crippen LogP contribution in [0.2, 0.25) is 5.02 Å². The minimum atomic E-state index is 0.278. The van der Waals surface area contributed by atoms with Crippen molar-refractivity contribution >= 4 is 34.7 Å². The molecule has 0 bridgehead atoms. The van der Waals surface area contributed by atoms with E-state index in [0.29, 0.717) is 23.1 Å². The Labute approximate surface area is 188 Å². The van der Waals surface area contributed by atoms with Gasteiger partial charge in [0.15, 0.2) is 11.0 Å². The van der Waals surface area contributed by atoms with E-state index >= 15 is 0 Å². The van der Waals surface area contributed by atoms with E-state index in [-0.39, 0.29) is 6.61 Å². The molecular formula is C22H19ClN4OS2. The molecule has 5 nitrogen and oxygen atoms in total. The van der Waals surface area contributed by atoms with Crippen molar-refractivity contribution in [3.8, 4) is 16.3 Å². The first-order chi connectivity index (χ1) is 14.7. The molecule has 0 aliphatic rings. The molecule has 2 aromatic heterocycles. The number of hydrogen-bond acceptors (Lipinski definition) is 6. The average molecular weight is 455 g/mol. The molecule has 0 N–H and O–H groups in total. The van der Waals surface area contributed by atoms with Crippen molar-refractivity contribution in [2.45, 2.75) is 24.1 Å². The first-order valence-corrected chi connectivity index (χ1v) is 11.5. The molecule has 0 atom stereocenters. The molecule has 4 aromatic rings. The average Bonchev–Trinajstić information content (AvgIpc) is 3.40. The Morgan fingerprint density at radius 3 is 2.70 bits per heavy atom. The number of nitrogens with zero attached hydrogens (tertiary/aromatic N) is 4. The van der Waals surface area contributed by atoms with Crippen molar-refractivity contribution in [1.29, 1.82) is 0 Å². The maximum Gasteiger partial charge on any atom is 0.191 e. The highest BCUT2D eigenvalue weighted by Crippen LogP contribution is 2.28. The minimum Gasteiger partial charge on any atom is -0.484 e. The SMILES string of the molecule is C=CCn1c(COc2ccccc2Cl)nnc1SCc1csc(-c2ccccc2)n1. The lowest BCUT2D eigenvalue weighted by Crippen LogP contribution is -2.07. The summed E-state index contributed by atoms with van der Waals surface area (Å²) in [7, 11) is 0. The van der Waals surface area contributed by atoms with Crippen molar-refractivity contribution in [2.75, 3.05) is 0 Å². The Balaban J connectivity index is 1.44. The number of hydrogen-bond donors (Lipinski definition) is 0. The van der Waals surface area contributed by atoms with Crippen LogP contribution in [0.3, 0.4) is 0 Å². The molecule has 152 valence electrons. The Bertz CT molecular complexity index is 1130. The molecule has 0 fully saturated rings. The zero-order valence-corrected chi connectivity index (χ0v) is 18.5. The van der Waals surface area contributed by atoms with Crippen LogP contribution in [0.15, 0.2) is 77.8 Å². The van der Waals surface area contributed by atoms with Crippen molar-refractivity contribution in [2.24, 2.45) is 0 Å². The second kappa shape index (κ2) is 9.93. The number of allylic oxidation sites excluding steroid dienone is 1. The van der Waals surface area contributed by atoms with Crippen LogP contribution in [-0.2, 0) is 18.9 Å². The number of aromatic nitrogens is 4. The summed E-state index contributed by atoms with van der Waals surface area (Å²) in [6.07, 6.45) is 1.82. The van der Waals surface area contributed by atoms with Crippen LogP contribution in [0, 0.1) is 0 Å². The molecule has 0 spiro atoms. The second-order valence-corrected chi connectivity index (χ2v) is 8.52. The van der Waals surface area contributed by atoms with Crippen LogP contribution in [0.1, 0.15) is 11.5 Å². The monoisotopic (exact) mass is 454 g/mol. The van der Waals surface area contributed by atoms with Gasteiger partial charge in [-0.3, -0.25) is 4.57 Å². The molecule has 0 saturated carbocycles. The molecule has 30 heavy (non-hydrogen) atoms. The molecule has 2 aromatic carbocycles. The molecular weight excluding hydrogens is 436 g/mol. The van der Waals surface area contributed by atoms with Crippen LogP contribution in [0.4, 0.5) is 0 Å². The Kier molecular flexibility index (Phi) is 6.84. The van der Waals surface area contributed by atoms with Gasteiger partial charge in [0, 0.05) is 23.2 Å². The fraction of sp³-hybridized carbons (Fsp3) is 0.136. The number of para-hydroxylation sites is 1. The van der Waals surface area contributed by atoms with Gasteiger partial charge in [0.2, 0.25) is 0 Å². The van der Waals surface area contributed by atoms with Crippen LogP contribution < -0.4 is 4.74 Å². The molecule has 0 aliphatic heterocycles. The highest BCUT2D eigenvalue weighted by Gasteiger charge is 2.14. The van der Waals surface area contributed by atoms with Gasteiger partial charge in [0.25, 0.3) is 0 Å². The van der Waals surface area contributed by atoms with Crippen molar-refractivity contribution < 1.29 is 4.74 Å². The van der Waals surface area contributed by atoms with Gasteiger partial charge in [-0.05, 0) is 12.1 Å². The lowest BCUT2D eigenvalue weighted by Gasteiger charge is -2.09. The third-order valence-corrected chi connectivity index (χ3v) is 6.47. The highest BCUT2D eigenvalue weighted by molar-refractivity contribution is 7.98. The number of thiazole rings is 1. The van der Waals surface area contributed by atoms with Crippen LogP contribution in [0.25, 0.3) is 10.6 Å². The normalized spacial score (nSPS) is 10.8. The van der Waals surface area contributed by atoms with Gasteiger partial charge in [-0.25, -0.2) is 4.98 Å². The van der Waals surface area contributed by atoms with Gasteiger partial charge < -0.3 is 4.74 Å². The second-order valence-electron chi connectivity index (χ2n) is 6.32. The molecule has 4 rings (SSSR count). The van der Waals surface area contributed by atoms with Crippen molar-refractivity contribution in [3.05, 3.63) is 89.2 Å². The fourth-order valence-corrected chi connectivity index (χ4v) is 4.75. The van der Waals surface area contributed by atoms with E-state index in [4.69, 9.17) is 21.3 Å². The molecule has 0 amide bonds. The largest absolute Gasteiger partial charge is 0.484 e. The smallest absolute Gasteiger partial charge is 0.191 e. The topological polar surface area (TPSA) is 52.8 Å². The van der Waals surface area contributed by atoms with Crippen molar-refractivity contribution in [3.63, 3.8) is 0 Å². The van der Waals surface area contributed by atoms with Crippen LogP contribution in [-0.4, -0.2) is 19.7 Å². The van der Waals surface area contributed by atoms with E-state index in [0.717, 1.165) is 27.2 Å². The third kappa shape index (κ3) is 4.92. The zero-order valence-electron chi connectivity index (χ0n) is 16.1. The Morgan fingerprint density at radius 1 is 1.10 bits per heavy atom. The summed E-state index contributed by atoms with van der Waals surface area (Å²) in [4.78, 5) is 4.74. The molecule has 0 aliphatic carbocycles. The van der Waals surface area contributed by atoms with E-state index < -0.39 is 0 Å². The molecule has 2 heterocycles. The van der Waals surface area contributed by atoms with E-state index in [1.54, 1.807) is 29.2 Å². The Morgan fingerprint density at radius 2 is 1.90 bits per heavy atom. The lowest BCUT2D eigenvalue weighted by molar-refractivity contribution is 0.289. The van der Waals surface area contributed by atoms with Crippen LogP contribution >= 0.6 is 34.7 Å². The van der Waals surface area contributed by atoms with Gasteiger partial charge in [0.1, 0.15) is 17.4 Å². The van der Waals surface area contributed by atoms with Crippen LogP contribution in [0.5, 0.6) is 5.75 Å². The highest BCUT2D eigenvalue weighted by atomic mass is 35.5. The maximum atomic E-state index is 6.17. The number of thioether (sulfide) groups is 1. The van der Waals surface area contributed by atoms with E-state index in [1.165, 1.54) is 0 Å². The zero-order chi connectivity index (χ0) is 20.8. The van der Waals surface area contributed by atoms with E-state index in [2.05, 4.69) is 34.3 Å². The first-order valence-electron chi connectivity index (χ1n) is 9.27. The summed E-state index contributed by atoms with van der Waals surface area (Å²) < 4.78 is 7.83. The summed E-state index contributed by atoms with van der Waals surface area (Å²) >= 11 is 9.41. The third-order valence-electron chi connectivity index (χ3n) is 4.22. The quantitative estimate of drug-likeness (QED) is 0.225. The molecule has 0 saturated heterocycles. The predicted molar refractivity (Wildman–Crippen MR) is 123 cm³/mol. The predicted octanol–water partition coefficient (Wildman–Crippen LogP) is 6.11. The minimum absolute atomic E-state index is 0.278. The standard InChI is InChI=1S/C22H19ClN4OS2/c1-2-12-27-20(13-28-19-11-7-6-10-18(19)23)25-26-22(27)30-15-17-14-29-21(24-17)16-8-4-3-5-9-16/h2-11,14H,1,12-13,15H2. The summed E-state index contributed by atoms with van der Waals surface area (Å²) in [6.45, 7) is 4.72. The van der Waals surface area contributed by atoms with Gasteiger partial charge in [-0.2, -0.15) is 0 Å². The summed E-state index contributed by atoms with van der Waals surface area (Å²) in [6, 6.07) is 17.6.